The SMILES string of the molecule is CO[C@H]1c2ccccc2C[C@H]1S(=O)(=O)Cl. The Labute approximate surface area is 93.4 Å². The molecule has 0 radical (unpaired) electrons. The van der Waals surface area contributed by atoms with Crippen molar-refractivity contribution in [3.8, 4) is 0 Å². The van der Waals surface area contributed by atoms with Gasteiger partial charge < -0.3 is 4.74 Å². The largest absolute Gasteiger partial charge is 0.375 e. The minimum absolute atomic E-state index is 0.431. The standard InChI is InChI=1S/C10H11ClO3S/c1-14-10-8-5-3-2-4-7(8)6-9(10)15(11,12)13/h2-5,9-10H,6H2,1H3/t9-,10+/m1/s1. The Kier molecular flexibility index (Phi) is 2.75. The second-order valence-corrected chi connectivity index (χ2v) is 6.42. The van der Waals surface area contributed by atoms with Crippen molar-refractivity contribution in [3.05, 3.63) is 35.4 Å². The zero-order valence-electron chi connectivity index (χ0n) is 8.18. The molecule has 2 atom stereocenters. The van der Waals surface area contributed by atoms with Crippen LogP contribution in [-0.4, -0.2) is 20.8 Å². The highest BCUT2D eigenvalue weighted by molar-refractivity contribution is 8.14. The Bertz CT molecular complexity index is 469. The lowest BCUT2D eigenvalue weighted by molar-refractivity contribution is 0.108. The fraction of sp³-hybridized carbons (Fsp3) is 0.400. The van der Waals surface area contributed by atoms with Gasteiger partial charge in [0.15, 0.2) is 0 Å². The molecule has 0 fully saturated rings. The summed E-state index contributed by atoms with van der Waals surface area (Å²) in [6.45, 7) is 0. The first-order valence-corrected chi connectivity index (χ1v) is 6.95. The zero-order valence-corrected chi connectivity index (χ0v) is 9.75. The van der Waals surface area contributed by atoms with E-state index in [-0.39, 0.29) is 0 Å². The minimum Gasteiger partial charge on any atom is -0.375 e. The van der Waals surface area contributed by atoms with Gasteiger partial charge >= 0.3 is 0 Å². The summed E-state index contributed by atoms with van der Waals surface area (Å²) < 4.78 is 27.9. The molecule has 3 nitrogen and oxygen atoms in total. The molecule has 0 bridgehead atoms. The number of halogens is 1. The molecule has 0 saturated carbocycles. The highest BCUT2D eigenvalue weighted by Crippen LogP contribution is 2.38. The van der Waals surface area contributed by atoms with Crippen LogP contribution in [0.25, 0.3) is 0 Å². The van der Waals surface area contributed by atoms with E-state index < -0.39 is 20.4 Å². The van der Waals surface area contributed by atoms with Crippen LogP contribution < -0.4 is 0 Å². The van der Waals surface area contributed by atoms with E-state index in [1.54, 1.807) is 0 Å². The van der Waals surface area contributed by atoms with Crippen LogP contribution in [0, 0.1) is 0 Å². The first-order valence-electron chi connectivity index (χ1n) is 4.58. The van der Waals surface area contributed by atoms with Crippen LogP contribution in [0.15, 0.2) is 24.3 Å². The molecule has 1 aliphatic carbocycles. The monoisotopic (exact) mass is 246 g/mol. The smallest absolute Gasteiger partial charge is 0.238 e. The predicted molar refractivity (Wildman–Crippen MR) is 58.5 cm³/mol. The van der Waals surface area contributed by atoms with Gasteiger partial charge in [-0.05, 0) is 17.5 Å². The van der Waals surface area contributed by atoms with Crippen molar-refractivity contribution in [1.29, 1.82) is 0 Å². The van der Waals surface area contributed by atoms with Crippen molar-refractivity contribution >= 4 is 19.7 Å². The number of hydrogen-bond acceptors (Lipinski definition) is 3. The van der Waals surface area contributed by atoms with Gasteiger partial charge in [0.25, 0.3) is 0 Å². The van der Waals surface area contributed by atoms with Gasteiger partial charge in [-0.15, -0.1) is 0 Å². The molecule has 0 aliphatic heterocycles. The lowest BCUT2D eigenvalue weighted by Gasteiger charge is -2.15. The molecule has 0 spiro atoms. The number of hydrogen-bond donors (Lipinski definition) is 0. The van der Waals surface area contributed by atoms with E-state index in [1.165, 1.54) is 7.11 Å². The maximum Gasteiger partial charge on any atom is 0.238 e. The third-order valence-corrected chi connectivity index (χ3v) is 4.56. The van der Waals surface area contributed by atoms with Crippen molar-refractivity contribution in [2.75, 3.05) is 7.11 Å². The highest BCUT2D eigenvalue weighted by Gasteiger charge is 2.40. The van der Waals surface area contributed by atoms with Crippen LogP contribution in [0.5, 0.6) is 0 Å². The number of fused-ring (bicyclic) bond motifs is 1. The summed E-state index contributed by atoms with van der Waals surface area (Å²) in [6.07, 6.45) is -0.00995. The summed E-state index contributed by atoms with van der Waals surface area (Å²) in [6, 6.07) is 7.54. The Balaban J connectivity index is 2.46. The summed E-state index contributed by atoms with van der Waals surface area (Å²) >= 11 is 0. The number of benzene rings is 1. The first-order chi connectivity index (χ1) is 7.04. The fourth-order valence-electron chi connectivity index (χ4n) is 2.05. The Hall–Kier alpha value is -0.580. The lowest BCUT2D eigenvalue weighted by atomic mass is 10.1. The van der Waals surface area contributed by atoms with Crippen molar-refractivity contribution in [3.63, 3.8) is 0 Å². The number of methoxy groups -OCH3 is 1. The second kappa shape index (κ2) is 3.77. The van der Waals surface area contributed by atoms with Gasteiger partial charge in [0.05, 0.1) is 0 Å². The van der Waals surface area contributed by atoms with Gasteiger partial charge in [-0.1, -0.05) is 24.3 Å². The molecule has 5 heteroatoms. The van der Waals surface area contributed by atoms with Gasteiger partial charge in [0, 0.05) is 17.8 Å². The van der Waals surface area contributed by atoms with Crippen molar-refractivity contribution in [2.24, 2.45) is 0 Å². The molecular formula is C10H11ClO3S. The molecule has 15 heavy (non-hydrogen) atoms. The van der Waals surface area contributed by atoms with E-state index in [0.717, 1.165) is 11.1 Å². The normalized spacial score (nSPS) is 25.2. The van der Waals surface area contributed by atoms with Crippen LogP contribution in [0.1, 0.15) is 17.2 Å². The topological polar surface area (TPSA) is 43.4 Å². The van der Waals surface area contributed by atoms with Gasteiger partial charge in [0.2, 0.25) is 9.05 Å². The van der Waals surface area contributed by atoms with E-state index in [4.69, 9.17) is 15.4 Å². The van der Waals surface area contributed by atoms with Crippen molar-refractivity contribution in [2.45, 2.75) is 17.8 Å². The highest BCUT2D eigenvalue weighted by atomic mass is 35.7. The maximum absolute atomic E-state index is 11.4. The van der Waals surface area contributed by atoms with Crippen molar-refractivity contribution < 1.29 is 13.2 Å². The van der Waals surface area contributed by atoms with Crippen LogP contribution in [-0.2, 0) is 20.2 Å². The molecule has 0 heterocycles. The third-order valence-electron chi connectivity index (χ3n) is 2.74. The summed E-state index contributed by atoms with van der Waals surface area (Å²) in [5.74, 6) is 0. The average Bonchev–Trinajstić information content (AvgIpc) is 2.55. The minimum atomic E-state index is -3.58. The van der Waals surface area contributed by atoms with E-state index in [9.17, 15) is 8.42 Å². The zero-order chi connectivity index (χ0) is 11.1. The fourth-order valence-corrected chi connectivity index (χ4v) is 3.45. The molecule has 2 rings (SSSR count). The van der Waals surface area contributed by atoms with Crippen LogP contribution in [0.3, 0.4) is 0 Å². The van der Waals surface area contributed by atoms with Gasteiger partial charge in [-0.25, -0.2) is 8.42 Å². The molecule has 0 N–H and O–H groups in total. The molecule has 0 unspecified atom stereocenters. The summed E-state index contributed by atoms with van der Waals surface area (Å²) in [7, 11) is 3.31. The van der Waals surface area contributed by atoms with E-state index in [2.05, 4.69) is 0 Å². The van der Waals surface area contributed by atoms with E-state index >= 15 is 0 Å². The van der Waals surface area contributed by atoms with Crippen LogP contribution in [0.4, 0.5) is 0 Å². The van der Waals surface area contributed by atoms with Crippen molar-refractivity contribution in [1.82, 2.24) is 0 Å². The van der Waals surface area contributed by atoms with Crippen LogP contribution >= 0.6 is 10.7 Å². The lowest BCUT2D eigenvalue weighted by Crippen LogP contribution is -2.22. The molecule has 1 aliphatic rings. The first kappa shape index (κ1) is 10.9. The molecule has 82 valence electrons. The third kappa shape index (κ3) is 1.89. The number of rotatable bonds is 2. The van der Waals surface area contributed by atoms with Gasteiger partial charge in [-0.2, -0.15) is 0 Å². The molecule has 0 aromatic heterocycles. The summed E-state index contributed by atoms with van der Waals surface area (Å²) in [4.78, 5) is 0. The predicted octanol–water partition coefficient (Wildman–Crippen LogP) is 1.87. The quantitative estimate of drug-likeness (QED) is 0.749. The molecule has 1 aromatic carbocycles. The van der Waals surface area contributed by atoms with Gasteiger partial charge in [0.1, 0.15) is 11.4 Å². The molecular weight excluding hydrogens is 236 g/mol. The maximum atomic E-state index is 11.4. The number of ether oxygens (including phenoxy) is 1. The summed E-state index contributed by atoms with van der Waals surface area (Å²) in [5, 5.41) is -0.665. The Morgan fingerprint density at radius 1 is 1.40 bits per heavy atom. The van der Waals surface area contributed by atoms with Crippen LogP contribution in [0.2, 0.25) is 0 Å². The average molecular weight is 247 g/mol. The second-order valence-electron chi connectivity index (χ2n) is 3.57. The van der Waals surface area contributed by atoms with E-state index in [0.29, 0.717) is 6.42 Å². The summed E-state index contributed by atoms with van der Waals surface area (Å²) in [5.41, 5.74) is 1.92. The van der Waals surface area contributed by atoms with E-state index in [1.807, 2.05) is 24.3 Å². The molecule has 0 amide bonds. The molecule has 1 aromatic rings. The molecule has 0 saturated heterocycles. The van der Waals surface area contributed by atoms with Gasteiger partial charge in [-0.3, -0.25) is 0 Å². The Morgan fingerprint density at radius 3 is 2.67 bits per heavy atom. The Morgan fingerprint density at radius 2 is 2.07 bits per heavy atom.